The molecule has 1 aromatic heterocycles. The van der Waals surface area contributed by atoms with Crippen LogP contribution < -0.4 is 5.32 Å². The fraction of sp³-hybridized carbons (Fsp3) is 0.333. The number of aliphatic hydroxyl groups is 1. The molecule has 19 heavy (non-hydrogen) atoms. The van der Waals surface area contributed by atoms with E-state index in [2.05, 4.69) is 15.6 Å². The van der Waals surface area contributed by atoms with Crippen LogP contribution in [0.5, 0.6) is 0 Å². The van der Waals surface area contributed by atoms with Crippen LogP contribution in [-0.2, 0) is 13.6 Å². The summed E-state index contributed by atoms with van der Waals surface area (Å²) in [6.07, 6.45) is 0.907. The van der Waals surface area contributed by atoms with Gasteiger partial charge in [-0.3, -0.25) is 4.68 Å². The standard InChI is InChI=1S/C12H14Cl2N4O/c1-18-8(6-16-17-18)5-15-7-11(19)12-9(13)3-2-4-10(12)14/h2-4,6,11,15,19H,5,7H2,1H3. The lowest BCUT2D eigenvalue weighted by Crippen LogP contribution is -2.22. The molecule has 0 radical (unpaired) electrons. The third-order valence-corrected chi connectivity index (χ3v) is 3.44. The van der Waals surface area contributed by atoms with Gasteiger partial charge in [0.15, 0.2) is 0 Å². The molecule has 1 unspecified atom stereocenters. The van der Waals surface area contributed by atoms with Crippen molar-refractivity contribution in [3.63, 3.8) is 0 Å². The molecule has 2 aromatic rings. The second kappa shape index (κ2) is 6.34. The summed E-state index contributed by atoms with van der Waals surface area (Å²) in [7, 11) is 1.81. The van der Waals surface area contributed by atoms with Crippen molar-refractivity contribution in [3.8, 4) is 0 Å². The number of benzene rings is 1. The van der Waals surface area contributed by atoms with Crippen LogP contribution in [0.1, 0.15) is 17.4 Å². The smallest absolute Gasteiger partial charge is 0.0943 e. The lowest BCUT2D eigenvalue weighted by molar-refractivity contribution is 0.174. The summed E-state index contributed by atoms with van der Waals surface area (Å²) in [6, 6.07) is 5.16. The average molecular weight is 301 g/mol. The largest absolute Gasteiger partial charge is 0.387 e. The molecule has 1 atom stereocenters. The molecule has 1 aromatic carbocycles. The Morgan fingerprint density at radius 3 is 2.63 bits per heavy atom. The lowest BCUT2D eigenvalue weighted by atomic mass is 10.1. The van der Waals surface area contributed by atoms with Crippen molar-refractivity contribution >= 4 is 23.2 Å². The summed E-state index contributed by atoms with van der Waals surface area (Å²) in [6.45, 7) is 0.900. The molecule has 7 heteroatoms. The number of rotatable bonds is 5. The normalized spacial score (nSPS) is 12.6. The van der Waals surface area contributed by atoms with Gasteiger partial charge in [0.25, 0.3) is 0 Å². The minimum atomic E-state index is -0.762. The third-order valence-electron chi connectivity index (χ3n) is 2.78. The van der Waals surface area contributed by atoms with Gasteiger partial charge in [-0.1, -0.05) is 34.5 Å². The summed E-state index contributed by atoms with van der Waals surface area (Å²) in [5.41, 5.74) is 1.47. The van der Waals surface area contributed by atoms with Crippen LogP contribution in [0.25, 0.3) is 0 Å². The van der Waals surface area contributed by atoms with E-state index < -0.39 is 6.10 Å². The number of nitrogens with one attached hydrogen (secondary N) is 1. The molecule has 2 rings (SSSR count). The Morgan fingerprint density at radius 2 is 2.05 bits per heavy atom. The molecule has 0 saturated carbocycles. The molecule has 0 aliphatic heterocycles. The quantitative estimate of drug-likeness (QED) is 0.886. The Balaban J connectivity index is 1.95. The highest BCUT2D eigenvalue weighted by Gasteiger charge is 2.15. The van der Waals surface area contributed by atoms with Gasteiger partial charge < -0.3 is 10.4 Å². The van der Waals surface area contributed by atoms with Gasteiger partial charge in [0.05, 0.1) is 18.0 Å². The first-order chi connectivity index (χ1) is 9.09. The number of hydrogen-bond acceptors (Lipinski definition) is 4. The molecule has 0 amide bonds. The van der Waals surface area contributed by atoms with E-state index in [9.17, 15) is 5.11 Å². The second-order valence-electron chi connectivity index (χ2n) is 4.13. The molecule has 0 aliphatic rings. The Labute approximate surface area is 121 Å². The topological polar surface area (TPSA) is 63.0 Å². The Morgan fingerprint density at radius 1 is 1.37 bits per heavy atom. The van der Waals surface area contributed by atoms with Gasteiger partial charge in [0.1, 0.15) is 0 Å². The minimum Gasteiger partial charge on any atom is -0.387 e. The first-order valence-electron chi connectivity index (χ1n) is 5.76. The molecule has 0 saturated heterocycles. The molecule has 1 heterocycles. The number of aryl methyl sites for hydroxylation is 1. The third kappa shape index (κ3) is 3.45. The fourth-order valence-electron chi connectivity index (χ4n) is 1.74. The number of halogens is 2. The maximum atomic E-state index is 10.1. The zero-order valence-electron chi connectivity index (χ0n) is 10.3. The summed E-state index contributed by atoms with van der Waals surface area (Å²) < 4.78 is 1.67. The molecule has 5 nitrogen and oxygen atoms in total. The molecule has 0 bridgehead atoms. The van der Waals surface area contributed by atoms with Crippen molar-refractivity contribution in [2.75, 3.05) is 6.54 Å². The zero-order chi connectivity index (χ0) is 13.8. The van der Waals surface area contributed by atoms with Gasteiger partial charge in [-0.05, 0) is 12.1 Å². The van der Waals surface area contributed by atoms with Crippen LogP contribution in [0, 0.1) is 0 Å². The molecular weight excluding hydrogens is 287 g/mol. The van der Waals surface area contributed by atoms with Gasteiger partial charge in [-0.2, -0.15) is 0 Å². The Bertz CT molecular complexity index is 538. The maximum absolute atomic E-state index is 10.1. The lowest BCUT2D eigenvalue weighted by Gasteiger charge is -2.15. The van der Waals surface area contributed by atoms with E-state index in [1.807, 2.05) is 7.05 Å². The van der Waals surface area contributed by atoms with E-state index in [4.69, 9.17) is 23.2 Å². The summed E-state index contributed by atoms with van der Waals surface area (Å²) in [5, 5.41) is 21.7. The van der Waals surface area contributed by atoms with E-state index in [0.717, 1.165) is 5.69 Å². The highest BCUT2D eigenvalue weighted by atomic mass is 35.5. The molecule has 2 N–H and O–H groups in total. The van der Waals surface area contributed by atoms with E-state index in [0.29, 0.717) is 28.7 Å². The Hall–Kier alpha value is -1.14. The van der Waals surface area contributed by atoms with Gasteiger partial charge >= 0.3 is 0 Å². The summed E-state index contributed by atoms with van der Waals surface area (Å²) in [5.74, 6) is 0. The molecule has 0 aliphatic carbocycles. The fourth-order valence-corrected chi connectivity index (χ4v) is 2.39. The maximum Gasteiger partial charge on any atom is 0.0943 e. The highest BCUT2D eigenvalue weighted by molar-refractivity contribution is 6.36. The van der Waals surface area contributed by atoms with Gasteiger partial charge in [-0.15, -0.1) is 5.10 Å². The first-order valence-corrected chi connectivity index (χ1v) is 6.51. The predicted octanol–water partition coefficient (Wildman–Crippen LogP) is 1.95. The van der Waals surface area contributed by atoms with E-state index >= 15 is 0 Å². The van der Waals surface area contributed by atoms with Crippen LogP contribution >= 0.6 is 23.2 Å². The van der Waals surface area contributed by atoms with Gasteiger partial charge in [-0.25, -0.2) is 0 Å². The van der Waals surface area contributed by atoms with E-state index in [-0.39, 0.29) is 0 Å². The van der Waals surface area contributed by atoms with E-state index in [1.54, 1.807) is 29.1 Å². The molecule has 102 valence electrons. The second-order valence-corrected chi connectivity index (χ2v) is 4.95. The number of hydrogen-bond donors (Lipinski definition) is 2. The van der Waals surface area contributed by atoms with Crippen molar-refractivity contribution in [1.82, 2.24) is 20.3 Å². The number of aliphatic hydroxyl groups excluding tert-OH is 1. The SMILES string of the molecule is Cn1nncc1CNCC(O)c1c(Cl)cccc1Cl. The Kier molecular flexibility index (Phi) is 4.76. The summed E-state index contributed by atoms with van der Waals surface area (Å²) in [4.78, 5) is 0. The predicted molar refractivity (Wildman–Crippen MR) is 74.1 cm³/mol. The number of aromatic nitrogens is 3. The first kappa shape index (κ1) is 14.3. The van der Waals surface area contributed by atoms with Crippen molar-refractivity contribution < 1.29 is 5.11 Å². The molecule has 0 spiro atoms. The summed E-state index contributed by atoms with van der Waals surface area (Å²) >= 11 is 12.1. The van der Waals surface area contributed by atoms with Gasteiger partial charge in [0.2, 0.25) is 0 Å². The van der Waals surface area contributed by atoms with Crippen LogP contribution in [-0.4, -0.2) is 26.6 Å². The van der Waals surface area contributed by atoms with Crippen LogP contribution in [0.3, 0.4) is 0 Å². The van der Waals surface area contributed by atoms with Crippen LogP contribution in [0.15, 0.2) is 24.4 Å². The van der Waals surface area contributed by atoms with Crippen molar-refractivity contribution in [3.05, 3.63) is 45.7 Å². The molecule has 0 fully saturated rings. The highest BCUT2D eigenvalue weighted by Crippen LogP contribution is 2.29. The van der Waals surface area contributed by atoms with Crippen LogP contribution in [0.4, 0.5) is 0 Å². The van der Waals surface area contributed by atoms with Gasteiger partial charge in [0, 0.05) is 35.7 Å². The average Bonchev–Trinajstić information content (AvgIpc) is 2.75. The van der Waals surface area contributed by atoms with E-state index in [1.165, 1.54) is 0 Å². The van der Waals surface area contributed by atoms with Crippen molar-refractivity contribution in [2.24, 2.45) is 7.05 Å². The number of nitrogens with zero attached hydrogens (tertiary/aromatic N) is 3. The van der Waals surface area contributed by atoms with Crippen molar-refractivity contribution in [1.29, 1.82) is 0 Å². The monoisotopic (exact) mass is 300 g/mol. The molecular formula is C12H14Cl2N4O. The minimum absolute atomic E-state index is 0.342. The van der Waals surface area contributed by atoms with Crippen molar-refractivity contribution in [2.45, 2.75) is 12.6 Å². The van der Waals surface area contributed by atoms with Crippen LogP contribution in [0.2, 0.25) is 10.0 Å². The zero-order valence-corrected chi connectivity index (χ0v) is 11.9.